The first-order chi connectivity index (χ1) is 8.84. The lowest BCUT2D eigenvalue weighted by Gasteiger charge is -2.41. The highest BCUT2D eigenvalue weighted by Crippen LogP contribution is 2.36. The van der Waals surface area contributed by atoms with Gasteiger partial charge in [0.2, 0.25) is 0 Å². The van der Waals surface area contributed by atoms with Crippen LogP contribution in [0, 0.1) is 0 Å². The van der Waals surface area contributed by atoms with Gasteiger partial charge >= 0.3 is 0 Å². The zero-order valence-electron chi connectivity index (χ0n) is 11.1. The summed E-state index contributed by atoms with van der Waals surface area (Å²) in [4.78, 5) is 0. The minimum Gasteiger partial charge on any atom is -0.328 e. The van der Waals surface area contributed by atoms with Crippen LogP contribution in [0.3, 0.4) is 0 Å². The number of benzene rings is 1. The van der Waals surface area contributed by atoms with E-state index in [0.29, 0.717) is 6.04 Å². The predicted molar refractivity (Wildman–Crippen MR) is 75.5 cm³/mol. The first-order valence-corrected chi connectivity index (χ1v) is 7.40. The topological polar surface area (TPSA) is 38.0 Å². The molecule has 18 heavy (non-hydrogen) atoms. The van der Waals surface area contributed by atoms with Gasteiger partial charge in [-0.3, -0.25) is 0 Å². The molecular weight excluding hydrogens is 220 g/mol. The summed E-state index contributed by atoms with van der Waals surface area (Å²) in [6, 6.07) is 9.55. The van der Waals surface area contributed by atoms with Crippen molar-refractivity contribution in [2.45, 2.75) is 56.5 Å². The molecule has 1 aromatic rings. The van der Waals surface area contributed by atoms with Crippen LogP contribution in [0.25, 0.3) is 0 Å². The number of hydrogen-bond acceptors (Lipinski definition) is 2. The Hall–Kier alpha value is -0.860. The Morgan fingerprint density at radius 2 is 1.94 bits per heavy atom. The Kier molecular flexibility index (Phi) is 3.40. The number of rotatable bonds is 3. The molecule has 3 N–H and O–H groups in total. The second-order valence-corrected chi connectivity index (χ2v) is 5.92. The van der Waals surface area contributed by atoms with Gasteiger partial charge in [0.05, 0.1) is 5.54 Å². The quantitative estimate of drug-likeness (QED) is 0.858. The van der Waals surface area contributed by atoms with Gasteiger partial charge in [0.25, 0.3) is 0 Å². The second-order valence-electron chi connectivity index (χ2n) is 5.92. The first kappa shape index (κ1) is 12.2. The van der Waals surface area contributed by atoms with E-state index in [0.717, 1.165) is 6.54 Å². The highest BCUT2D eigenvalue weighted by molar-refractivity contribution is 5.36. The van der Waals surface area contributed by atoms with E-state index in [-0.39, 0.29) is 5.54 Å². The fraction of sp³-hybridized carbons (Fsp3) is 0.625. The van der Waals surface area contributed by atoms with Crippen LogP contribution in [0.2, 0.25) is 0 Å². The minimum atomic E-state index is 0.0455. The Labute approximate surface area is 110 Å². The van der Waals surface area contributed by atoms with Gasteiger partial charge in [0.15, 0.2) is 0 Å². The zero-order valence-corrected chi connectivity index (χ0v) is 11.1. The van der Waals surface area contributed by atoms with Gasteiger partial charge in [-0.2, -0.15) is 0 Å². The van der Waals surface area contributed by atoms with Gasteiger partial charge in [-0.1, -0.05) is 37.1 Å². The molecule has 0 saturated heterocycles. The molecule has 0 amide bonds. The summed E-state index contributed by atoms with van der Waals surface area (Å²) in [6.07, 6.45) is 9.06. The van der Waals surface area contributed by atoms with Crippen molar-refractivity contribution in [2.24, 2.45) is 5.73 Å². The summed E-state index contributed by atoms with van der Waals surface area (Å²) >= 11 is 0. The predicted octanol–water partition coefficient (Wildman–Crippen LogP) is 2.71. The lowest BCUT2D eigenvalue weighted by Crippen LogP contribution is -2.53. The molecule has 0 heterocycles. The number of aryl methyl sites for hydroxylation is 1. The molecule has 2 heteroatoms. The monoisotopic (exact) mass is 244 g/mol. The molecule has 2 aliphatic carbocycles. The van der Waals surface area contributed by atoms with Crippen LogP contribution in [0.4, 0.5) is 0 Å². The van der Waals surface area contributed by atoms with E-state index in [4.69, 9.17) is 5.73 Å². The van der Waals surface area contributed by atoms with Crippen LogP contribution in [0.5, 0.6) is 0 Å². The van der Waals surface area contributed by atoms with Crippen molar-refractivity contribution in [3.8, 4) is 0 Å². The van der Waals surface area contributed by atoms with Gasteiger partial charge in [-0.25, -0.2) is 0 Å². The molecule has 0 spiro atoms. The van der Waals surface area contributed by atoms with Crippen LogP contribution < -0.4 is 11.1 Å². The van der Waals surface area contributed by atoms with Crippen molar-refractivity contribution < 1.29 is 0 Å². The molecule has 1 unspecified atom stereocenters. The second kappa shape index (κ2) is 5.02. The number of nitrogens with one attached hydrogen (secondary N) is 1. The fourth-order valence-electron chi connectivity index (χ4n) is 3.80. The van der Waals surface area contributed by atoms with Crippen LogP contribution in [-0.2, 0) is 12.0 Å². The lowest BCUT2D eigenvalue weighted by atomic mass is 9.76. The van der Waals surface area contributed by atoms with E-state index in [1.54, 1.807) is 0 Å². The SMILES string of the molecule is NCC1(NC2CCCC2)CCCc2ccccc21. The van der Waals surface area contributed by atoms with Crippen molar-refractivity contribution in [3.63, 3.8) is 0 Å². The largest absolute Gasteiger partial charge is 0.328 e. The average molecular weight is 244 g/mol. The van der Waals surface area contributed by atoms with E-state index in [9.17, 15) is 0 Å². The normalized spacial score (nSPS) is 28.3. The molecule has 0 aliphatic heterocycles. The van der Waals surface area contributed by atoms with Crippen LogP contribution >= 0.6 is 0 Å². The number of hydrogen-bond donors (Lipinski definition) is 2. The van der Waals surface area contributed by atoms with Gasteiger partial charge in [-0.05, 0) is 43.2 Å². The first-order valence-electron chi connectivity index (χ1n) is 7.40. The van der Waals surface area contributed by atoms with Crippen molar-refractivity contribution >= 4 is 0 Å². The third-order valence-electron chi connectivity index (χ3n) is 4.77. The third-order valence-corrected chi connectivity index (χ3v) is 4.77. The molecule has 0 aromatic heterocycles. The molecule has 98 valence electrons. The summed E-state index contributed by atoms with van der Waals surface area (Å²) in [7, 11) is 0. The van der Waals surface area contributed by atoms with Crippen LogP contribution in [0.1, 0.15) is 49.7 Å². The van der Waals surface area contributed by atoms with E-state index < -0.39 is 0 Å². The third kappa shape index (κ3) is 2.08. The molecule has 0 radical (unpaired) electrons. The Bertz CT molecular complexity index is 409. The lowest BCUT2D eigenvalue weighted by molar-refractivity contribution is 0.258. The standard InChI is InChI=1S/C16H24N2/c17-12-16(18-14-8-2-3-9-14)11-5-7-13-6-1-4-10-15(13)16/h1,4,6,10,14,18H,2-3,5,7-9,11-12,17H2. The Morgan fingerprint density at radius 3 is 2.72 bits per heavy atom. The summed E-state index contributed by atoms with van der Waals surface area (Å²) < 4.78 is 0. The summed E-state index contributed by atoms with van der Waals surface area (Å²) in [5.41, 5.74) is 9.18. The maximum Gasteiger partial charge on any atom is 0.0563 e. The molecule has 3 rings (SSSR count). The molecule has 1 atom stereocenters. The van der Waals surface area contributed by atoms with Crippen molar-refractivity contribution in [2.75, 3.05) is 6.54 Å². The molecule has 1 aromatic carbocycles. The van der Waals surface area contributed by atoms with Crippen molar-refractivity contribution in [1.29, 1.82) is 0 Å². The fourth-order valence-corrected chi connectivity index (χ4v) is 3.80. The average Bonchev–Trinajstić information content (AvgIpc) is 2.92. The maximum absolute atomic E-state index is 6.17. The maximum atomic E-state index is 6.17. The van der Waals surface area contributed by atoms with E-state index >= 15 is 0 Å². The molecule has 1 saturated carbocycles. The summed E-state index contributed by atoms with van der Waals surface area (Å²) in [5, 5.41) is 3.91. The molecule has 2 aliphatic rings. The van der Waals surface area contributed by atoms with Crippen LogP contribution in [-0.4, -0.2) is 12.6 Å². The zero-order chi connectivity index (χ0) is 12.4. The Morgan fingerprint density at radius 1 is 1.17 bits per heavy atom. The highest BCUT2D eigenvalue weighted by Gasteiger charge is 2.37. The minimum absolute atomic E-state index is 0.0455. The van der Waals surface area contributed by atoms with Crippen LogP contribution in [0.15, 0.2) is 24.3 Å². The van der Waals surface area contributed by atoms with Gasteiger partial charge in [0.1, 0.15) is 0 Å². The summed E-state index contributed by atoms with van der Waals surface area (Å²) in [5.74, 6) is 0. The summed E-state index contributed by atoms with van der Waals surface area (Å²) in [6.45, 7) is 0.723. The number of nitrogens with two attached hydrogens (primary N) is 1. The smallest absolute Gasteiger partial charge is 0.0563 e. The van der Waals surface area contributed by atoms with Gasteiger partial charge in [0, 0.05) is 12.6 Å². The number of fused-ring (bicyclic) bond motifs is 1. The van der Waals surface area contributed by atoms with Gasteiger partial charge in [-0.15, -0.1) is 0 Å². The Balaban J connectivity index is 1.91. The molecule has 0 bridgehead atoms. The van der Waals surface area contributed by atoms with Crippen molar-refractivity contribution in [3.05, 3.63) is 35.4 Å². The highest BCUT2D eigenvalue weighted by atomic mass is 15.0. The molecule has 2 nitrogen and oxygen atoms in total. The van der Waals surface area contributed by atoms with E-state index in [1.807, 2.05) is 0 Å². The molecular formula is C16H24N2. The van der Waals surface area contributed by atoms with E-state index in [1.165, 1.54) is 56.1 Å². The molecule has 1 fully saturated rings. The van der Waals surface area contributed by atoms with Gasteiger partial charge < -0.3 is 11.1 Å². The van der Waals surface area contributed by atoms with E-state index in [2.05, 4.69) is 29.6 Å². The van der Waals surface area contributed by atoms with Crippen molar-refractivity contribution in [1.82, 2.24) is 5.32 Å².